The second-order valence-electron chi connectivity index (χ2n) is 5.83. The number of nitrogens with zero attached hydrogens (tertiary/aromatic N) is 1. The van der Waals surface area contributed by atoms with Crippen molar-refractivity contribution in [3.63, 3.8) is 0 Å². The molecule has 0 aliphatic carbocycles. The number of quaternary nitrogens is 1. The third kappa shape index (κ3) is 3.26. The monoisotopic (exact) mass is 403 g/mol. The number of methoxy groups -OCH3 is 1. The lowest BCUT2D eigenvalue weighted by Gasteiger charge is -2.28. The summed E-state index contributed by atoms with van der Waals surface area (Å²) in [6, 6.07) is 5.42. The van der Waals surface area contributed by atoms with Gasteiger partial charge in [0, 0.05) is 0 Å². The maximum atomic E-state index is 13.1. The van der Waals surface area contributed by atoms with E-state index in [1.165, 1.54) is 36.9 Å². The summed E-state index contributed by atoms with van der Waals surface area (Å²) >= 11 is 0. The van der Waals surface area contributed by atoms with Crippen LogP contribution in [0.25, 0.3) is 0 Å². The van der Waals surface area contributed by atoms with Gasteiger partial charge in [0.05, 0.1) is 26.1 Å². The van der Waals surface area contributed by atoms with Gasteiger partial charge in [0.1, 0.15) is 16.4 Å². The number of hydroxylamine groups is 1. The van der Waals surface area contributed by atoms with E-state index in [9.17, 15) is 21.6 Å². The molecule has 0 spiro atoms. The molecule has 1 amide bonds. The SMILES string of the molecule is COc1ccc(S(=O)(=O)C2=C(C(=O)NO)[N+](C)(C)S(=O)(=O)CC=C2)cc1. The molecule has 0 unspecified atom stereocenters. The van der Waals surface area contributed by atoms with Crippen LogP contribution in [-0.4, -0.2) is 58.8 Å². The third-order valence-corrected chi connectivity index (χ3v) is 8.01. The highest BCUT2D eigenvalue weighted by Gasteiger charge is 2.46. The molecule has 1 aliphatic heterocycles. The summed E-state index contributed by atoms with van der Waals surface area (Å²) in [4.78, 5) is 11.5. The van der Waals surface area contributed by atoms with Crippen LogP contribution in [0.4, 0.5) is 0 Å². The molecule has 1 aliphatic rings. The molecule has 0 atom stereocenters. The first-order valence-corrected chi connectivity index (χ1v) is 10.4. The number of carbonyl (C=O) groups is 1. The molecule has 1 aromatic rings. The van der Waals surface area contributed by atoms with E-state index in [-0.39, 0.29) is 4.90 Å². The average molecular weight is 403 g/mol. The van der Waals surface area contributed by atoms with Crippen LogP contribution in [0.2, 0.25) is 0 Å². The molecule has 9 nitrogen and oxygen atoms in total. The second-order valence-corrected chi connectivity index (χ2v) is 10.2. The zero-order valence-corrected chi connectivity index (χ0v) is 16.0. The highest BCUT2D eigenvalue weighted by molar-refractivity contribution is 7.95. The standard InChI is InChI=1S/C15H18N2O7S2/c1-17(2)14(15(18)16-19)13(5-4-10-25(17,20)21)26(22,23)12-8-6-11(24-3)7-9-12/h4-9H,10H2,1-3H3,(H-,16,18,19)/p+1. The number of benzene rings is 1. The van der Waals surface area contributed by atoms with E-state index in [1.807, 2.05) is 0 Å². The molecule has 1 heterocycles. The maximum absolute atomic E-state index is 13.1. The van der Waals surface area contributed by atoms with Crippen LogP contribution in [-0.2, 0) is 24.7 Å². The topological polar surface area (TPSA) is 127 Å². The average Bonchev–Trinajstić information content (AvgIpc) is 2.68. The van der Waals surface area contributed by atoms with E-state index in [2.05, 4.69) is 0 Å². The molecule has 0 aromatic heterocycles. The van der Waals surface area contributed by atoms with Gasteiger partial charge < -0.3 is 4.74 Å². The maximum Gasteiger partial charge on any atom is 0.331 e. The summed E-state index contributed by atoms with van der Waals surface area (Å²) in [5.74, 6) is -1.26. The summed E-state index contributed by atoms with van der Waals surface area (Å²) in [6.45, 7) is 0. The van der Waals surface area contributed by atoms with E-state index in [4.69, 9.17) is 9.94 Å². The van der Waals surface area contributed by atoms with Crippen molar-refractivity contribution in [3.8, 4) is 5.75 Å². The molecule has 0 fully saturated rings. The summed E-state index contributed by atoms with van der Waals surface area (Å²) in [7, 11) is -4.45. The van der Waals surface area contributed by atoms with Gasteiger partial charge in [-0.3, -0.25) is 10.0 Å². The first-order chi connectivity index (χ1) is 12.0. The van der Waals surface area contributed by atoms with Crippen molar-refractivity contribution in [1.29, 1.82) is 0 Å². The van der Waals surface area contributed by atoms with E-state index in [1.54, 1.807) is 0 Å². The lowest BCUT2D eigenvalue weighted by atomic mass is 10.3. The van der Waals surface area contributed by atoms with Gasteiger partial charge in [-0.1, -0.05) is 6.08 Å². The third-order valence-electron chi connectivity index (χ3n) is 4.02. The number of nitrogens with one attached hydrogen (secondary N) is 1. The van der Waals surface area contributed by atoms with Gasteiger partial charge in [0.25, 0.3) is 0 Å². The number of hydrogen-bond donors (Lipinski definition) is 2. The molecule has 2 N–H and O–H groups in total. The van der Waals surface area contributed by atoms with Gasteiger partial charge in [-0.15, -0.1) is 0 Å². The lowest BCUT2D eigenvalue weighted by molar-refractivity contribution is -0.714. The molecule has 11 heteroatoms. The Morgan fingerprint density at radius 1 is 1.23 bits per heavy atom. The van der Waals surface area contributed by atoms with Crippen LogP contribution in [0.3, 0.4) is 0 Å². The molecular formula is C15H19N2O7S2+. The molecule has 2 rings (SSSR count). The van der Waals surface area contributed by atoms with Crippen LogP contribution in [0.15, 0.2) is 51.9 Å². The Morgan fingerprint density at radius 2 is 1.81 bits per heavy atom. The van der Waals surface area contributed by atoms with Crippen molar-refractivity contribution in [2.75, 3.05) is 27.0 Å². The van der Waals surface area contributed by atoms with Crippen LogP contribution >= 0.6 is 0 Å². The summed E-state index contributed by atoms with van der Waals surface area (Å²) in [5, 5.41) is 9.03. The Kier molecular flexibility index (Phi) is 5.29. The van der Waals surface area contributed by atoms with Gasteiger partial charge in [0.2, 0.25) is 15.5 Å². The minimum atomic E-state index is -4.25. The second kappa shape index (κ2) is 6.83. The molecule has 0 bridgehead atoms. The highest BCUT2D eigenvalue weighted by Crippen LogP contribution is 2.32. The van der Waals surface area contributed by atoms with Crippen molar-refractivity contribution < 1.29 is 35.5 Å². The number of sulfonamides is 1. The van der Waals surface area contributed by atoms with Crippen molar-refractivity contribution in [2.45, 2.75) is 4.90 Å². The number of allylic oxidation sites excluding steroid dienone is 1. The zero-order chi connectivity index (χ0) is 19.8. The fourth-order valence-electron chi connectivity index (χ4n) is 2.45. The summed E-state index contributed by atoms with van der Waals surface area (Å²) < 4.78 is 55.0. The minimum Gasteiger partial charge on any atom is -0.497 e. The number of likely N-dealkylation sites (N-methyl/N-ethyl adjacent to an activating group) is 1. The lowest BCUT2D eigenvalue weighted by Crippen LogP contribution is -2.50. The molecule has 0 radical (unpaired) electrons. The van der Waals surface area contributed by atoms with Crippen molar-refractivity contribution in [1.82, 2.24) is 5.48 Å². The molecule has 26 heavy (non-hydrogen) atoms. The Bertz CT molecular complexity index is 989. The van der Waals surface area contributed by atoms with Gasteiger partial charge in [0.15, 0.2) is 0 Å². The normalized spacial score (nSPS) is 18.9. The van der Waals surface area contributed by atoms with Crippen LogP contribution < -0.4 is 10.2 Å². The molecule has 1 aromatic carbocycles. The van der Waals surface area contributed by atoms with Gasteiger partial charge in [-0.2, -0.15) is 12.3 Å². The predicted octanol–water partition coefficient (Wildman–Crippen LogP) is 0.162. The highest BCUT2D eigenvalue weighted by atomic mass is 32.2. The van der Waals surface area contributed by atoms with Crippen molar-refractivity contribution in [3.05, 3.63) is 47.0 Å². The number of carbonyl (C=O) groups excluding carboxylic acids is 1. The number of amides is 1. The first-order valence-electron chi connectivity index (χ1n) is 7.31. The summed E-state index contributed by atoms with van der Waals surface area (Å²) in [6.07, 6.45) is 2.22. The fraction of sp³-hybridized carbons (Fsp3) is 0.267. The van der Waals surface area contributed by atoms with Crippen molar-refractivity contribution >= 4 is 25.8 Å². The minimum absolute atomic E-state index is 0.152. The largest absolute Gasteiger partial charge is 0.497 e. The van der Waals surface area contributed by atoms with Crippen LogP contribution in [0.1, 0.15) is 0 Å². The van der Waals surface area contributed by atoms with Gasteiger partial charge >= 0.3 is 15.9 Å². The Morgan fingerprint density at radius 3 is 2.31 bits per heavy atom. The van der Waals surface area contributed by atoms with Crippen LogP contribution in [0, 0.1) is 0 Å². The zero-order valence-electron chi connectivity index (χ0n) is 14.3. The number of sulfone groups is 1. The van der Waals surface area contributed by atoms with E-state index in [0.717, 1.165) is 26.2 Å². The Balaban J connectivity index is 2.82. The van der Waals surface area contributed by atoms with Crippen molar-refractivity contribution in [2.24, 2.45) is 0 Å². The van der Waals surface area contributed by atoms with Gasteiger partial charge in [-0.05, 0) is 30.3 Å². The smallest absolute Gasteiger partial charge is 0.331 e. The number of hydrogen-bond acceptors (Lipinski definition) is 7. The van der Waals surface area contributed by atoms with Crippen LogP contribution in [0.5, 0.6) is 5.75 Å². The van der Waals surface area contributed by atoms with Gasteiger partial charge in [-0.25, -0.2) is 13.9 Å². The molecule has 0 saturated carbocycles. The van der Waals surface area contributed by atoms with E-state index < -0.39 is 46.0 Å². The first kappa shape index (κ1) is 20.1. The quantitative estimate of drug-likeness (QED) is 0.416. The summed E-state index contributed by atoms with van der Waals surface area (Å²) in [5.41, 5.74) is 0.719. The Labute approximate surface area is 151 Å². The number of rotatable bonds is 4. The Hall–Kier alpha value is -2.21. The van der Waals surface area contributed by atoms with E-state index in [0.29, 0.717) is 5.75 Å². The predicted molar refractivity (Wildman–Crippen MR) is 92.2 cm³/mol. The molecular weight excluding hydrogens is 384 g/mol. The molecule has 142 valence electrons. The van der Waals surface area contributed by atoms with E-state index >= 15 is 0 Å². The fourth-order valence-corrected chi connectivity index (χ4v) is 5.28. The molecule has 0 saturated heterocycles. The number of ether oxygens (including phenoxy) is 1.